The van der Waals surface area contributed by atoms with Gasteiger partial charge in [-0.05, 0) is 41.7 Å². The molecule has 5 heteroatoms. The number of pyridine rings is 1. The van der Waals surface area contributed by atoms with Gasteiger partial charge >= 0.3 is 0 Å². The van der Waals surface area contributed by atoms with Crippen LogP contribution in [0.5, 0.6) is 5.75 Å². The van der Waals surface area contributed by atoms with Crippen LogP contribution in [0.4, 0.5) is 4.39 Å². The zero-order chi connectivity index (χ0) is 14.8. The van der Waals surface area contributed by atoms with Gasteiger partial charge in [0.1, 0.15) is 11.6 Å². The standard InChI is InChI=1S/C16H15FN2O2/c17-12-3-1-11(2-4-12)14-6-15(14)16(21)19-8-10-5-13(20)9-18-7-10/h1-5,7,9,14-15,20H,6,8H2,(H,19,21)/t14-,15+/m0/s1. The highest BCUT2D eigenvalue weighted by molar-refractivity contribution is 5.82. The molecule has 0 spiro atoms. The van der Waals surface area contributed by atoms with Crippen LogP contribution in [0.1, 0.15) is 23.5 Å². The van der Waals surface area contributed by atoms with Crippen molar-refractivity contribution in [3.05, 3.63) is 59.7 Å². The third-order valence-corrected chi connectivity index (χ3v) is 3.67. The van der Waals surface area contributed by atoms with Gasteiger partial charge in [-0.15, -0.1) is 0 Å². The molecule has 2 aromatic rings. The zero-order valence-corrected chi connectivity index (χ0v) is 11.3. The summed E-state index contributed by atoms with van der Waals surface area (Å²) in [6.07, 6.45) is 3.73. The van der Waals surface area contributed by atoms with Gasteiger partial charge < -0.3 is 10.4 Å². The molecule has 2 N–H and O–H groups in total. The van der Waals surface area contributed by atoms with Crippen molar-refractivity contribution >= 4 is 5.91 Å². The third-order valence-electron chi connectivity index (χ3n) is 3.67. The lowest BCUT2D eigenvalue weighted by Gasteiger charge is -2.05. The number of carbonyl (C=O) groups excluding carboxylic acids is 1. The smallest absolute Gasteiger partial charge is 0.224 e. The molecule has 1 heterocycles. The fourth-order valence-electron chi connectivity index (χ4n) is 2.45. The van der Waals surface area contributed by atoms with Gasteiger partial charge in [-0.3, -0.25) is 9.78 Å². The summed E-state index contributed by atoms with van der Waals surface area (Å²) in [5.41, 5.74) is 1.75. The van der Waals surface area contributed by atoms with Gasteiger partial charge in [0.05, 0.1) is 6.20 Å². The Kier molecular flexibility index (Phi) is 3.56. The molecule has 1 saturated carbocycles. The van der Waals surface area contributed by atoms with E-state index in [-0.39, 0.29) is 29.3 Å². The second kappa shape index (κ2) is 5.52. The number of halogens is 1. The van der Waals surface area contributed by atoms with Gasteiger partial charge in [0.2, 0.25) is 5.91 Å². The first-order valence-electron chi connectivity index (χ1n) is 6.79. The van der Waals surface area contributed by atoms with Crippen molar-refractivity contribution in [2.45, 2.75) is 18.9 Å². The highest BCUT2D eigenvalue weighted by atomic mass is 19.1. The van der Waals surface area contributed by atoms with Gasteiger partial charge in [0.25, 0.3) is 0 Å². The molecule has 1 aliphatic rings. The molecule has 4 nitrogen and oxygen atoms in total. The Labute approximate surface area is 121 Å². The largest absolute Gasteiger partial charge is 0.506 e. The minimum atomic E-state index is -0.267. The quantitative estimate of drug-likeness (QED) is 0.907. The topological polar surface area (TPSA) is 62.2 Å². The molecule has 0 aliphatic heterocycles. The zero-order valence-electron chi connectivity index (χ0n) is 11.3. The minimum Gasteiger partial charge on any atom is -0.506 e. The lowest BCUT2D eigenvalue weighted by Crippen LogP contribution is -2.24. The van der Waals surface area contributed by atoms with E-state index in [1.54, 1.807) is 24.4 Å². The minimum absolute atomic E-state index is 0.0207. The number of hydrogen-bond acceptors (Lipinski definition) is 3. The van der Waals surface area contributed by atoms with E-state index >= 15 is 0 Å². The first kappa shape index (κ1) is 13.5. The molecule has 0 bridgehead atoms. The number of aromatic hydroxyl groups is 1. The van der Waals surface area contributed by atoms with E-state index in [0.29, 0.717) is 6.54 Å². The summed E-state index contributed by atoms with van der Waals surface area (Å²) in [6.45, 7) is 0.340. The van der Waals surface area contributed by atoms with Gasteiger partial charge in [0.15, 0.2) is 0 Å². The number of nitrogens with zero attached hydrogens (tertiary/aromatic N) is 1. The number of benzene rings is 1. The maximum atomic E-state index is 12.9. The predicted octanol–water partition coefficient (Wildman–Crippen LogP) is 2.35. The van der Waals surface area contributed by atoms with Gasteiger partial charge in [-0.2, -0.15) is 0 Å². The maximum Gasteiger partial charge on any atom is 0.224 e. The second-order valence-electron chi connectivity index (χ2n) is 5.27. The molecule has 21 heavy (non-hydrogen) atoms. The molecule has 0 radical (unpaired) electrons. The fraction of sp³-hybridized carbons (Fsp3) is 0.250. The van der Waals surface area contributed by atoms with Gasteiger partial charge in [-0.1, -0.05) is 12.1 Å². The van der Waals surface area contributed by atoms with E-state index in [4.69, 9.17) is 0 Å². The Bertz CT molecular complexity index is 658. The summed E-state index contributed by atoms with van der Waals surface area (Å²) in [7, 11) is 0. The predicted molar refractivity (Wildman–Crippen MR) is 75.0 cm³/mol. The lowest BCUT2D eigenvalue weighted by molar-refractivity contribution is -0.122. The molecule has 1 aromatic carbocycles. The van der Waals surface area contributed by atoms with E-state index < -0.39 is 0 Å². The summed E-state index contributed by atoms with van der Waals surface area (Å²) in [6, 6.07) is 7.86. The fourth-order valence-corrected chi connectivity index (χ4v) is 2.45. The van der Waals surface area contributed by atoms with E-state index in [1.165, 1.54) is 18.3 Å². The number of rotatable bonds is 4. The van der Waals surface area contributed by atoms with Crippen molar-refractivity contribution in [2.75, 3.05) is 0 Å². The number of aromatic nitrogens is 1. The van der Waals surface area contributed by atoms with Crippen LogP contribution in [0, 0.1) is 11.7 Å². The van der Waals surface area contributed by atoms with Crippen LogP contribution in [-0.2, 0) is 11.3 Å². The second-order valence-corrected chi connectivity index (χ2v) is 5.27. The van der Waals surface area contributed by atoms with E-state index in [9.17, 15) is 14.3 Å². The molecule has 2 atom stereocenters. The molecule has 108 valence electrons. The van der Waals surface area contributed by atoms with E-state index in [0.717, 1.165) is 17.5 Å². The van der Waals surface area contributed by atoms with Gasteiger partial charge in [0, 0.05) is 18.7 Å². The molecule has 0 saturated heterocycles. The number of hydrogen-bond donors (Lipinski definition) is 2. The van der Waals surface area contributed by atoms with Crippen molar-refractivity contribution in [1.29, 1.82) is 0 Å². The molecular weight excluding hydrogens is 271 g/mol. The SMILES string of the molecule is O=C(NCc1cncc(O)c1)[C@@H]1C[C@H]1c1ccc(F)cc1. The highest BCUT2D eigenvalue weighted by Crippen LogP contribution is 2.47. The van der Waals surface area contributed by atoms with E-state index in [2.05, 4.69) is 10.3 Å². The Balaban J connectivity index is 1.54. The molecule has 1 aromatic heterocycles. The summed E-state index contributed by atoms with van der Waals surface area (Å²) in [4.78, 5) is 15.9. The Morgan fingerprint density at radius 3 is 2.81 bits per heavy atom. The maximum absolute atomic E-state index is 12.9. The van der Waals surface area contributed by atoms with Gasteiger partial charge in [-0.25, -0.2) is 4.39 Å². The molecule has 1 amide bonds. The molecule has 3 rings (SSSR count). The van der Waals surface area contributed by atoms with Crippen molar-refractivity contribution in [2.24, 2.45) is 5.92 Å². The third kappa shape index (κ3) is 3.18. The van der Waals surface area contributed by atoms with Crippen LogP contribution in [0.15, 0.2) is 42.7 Å². The molecule has 1 aliphatic carbocycles. The normalized spacial score (nSPS) is 20.0. The number of nitrogens with one attached hydrogen (secondary N) is 1. The first-order chi connectivity index (χ1) is 10.1. The van der Waals surface area contributed by atoms with Crippen LogP contribution in [0.2, 0.25) is 0 Å². The molecular formula is C16H15FN2O2. The monoisotopic (exact) mass is 286 g/mol. The van der Waals surface area contributed by atoms with Crippen molar-refractivity contribution < 1.29 is 14.3 Å². The number of carbonyl (C=O) groups is 1. The van der Waals surface area contributed by atoms with E-state index in [1.807, 2.05) is 0 Å². The summed E-state index contributed by atoms with van der Waals surface area (Å²) < 4.78 is 12.9. The molecule has 0 unspecified atom stereocenters. The highest BCUT2D eigenvalue weighted by Gasteiger charge is 2.43. The summed E-state index contributed by atoms with van der Waals surface area (Å²) >= 11 is 0. The average molecular weight is 286 g/mol. The van der Waals surface area contributed by atoms with Crippen molar-refractivity contribution in [3.63, 3.8) is 0 Å². The van der Waals surface area contributed by atoms with Crippen LogP contribution >= 0.6 is 0 Å². The van der Waals surface area contributed by atoms with Crippen LogP contribution < -0.4 is 5.32 Å². The first-order valence-corrected chi connectivity index (χ1v) is 6.79. The van der Waals surface area contributed by atoms with Crippen molar-refractivity contribution in [3.8, 4) is 5.75 Å². The lowest BCUT2D eigenvalue weighted by atomic mass is 10.1. The molecule has 1 fully saturated rings. The Hall–Kier alpha value is -2.43. The Morgan fingerprint density at radius 1 is 1.33 bits per heavy atom. The van der Waals surface area contributed by atoms with Crippen molar-refractivity contribution in [1.82, 2.24) is 10.3 Å². The summed E-state index contributed by atoms with van der Waals surface area (Å²) in [5.74, 6) is -0.0876. The average Bonchev–Trinajstić information content (AvgIpc) is 3.26. The summed E-state index contributed by atoms with van der Waals surface area (Å²) in [5, 5.41) is 12.1. The van der Waals surface area contributed by atoms with Crippen LogP contribution in [-0.4, -0.2) is 16.0 Å². The van der Waals surface area contributed by atoms with Crippen LogP contribution in [0.3, 0.4) is 0 Å². The number of amides is 1. The Morgan fingerprint density at radius 2 is 2.10 bits per heavy atom. The van der Waals surface area contributed by atoms with Crippen LogP contribution in [0.25, 0.3) is 0 Å².